The summed E-state index contributed by atoms with van der Waals surface area (Å²) in [7, 11) is 0. The highest BCUT2D eigenvalue weighted by molar-refractivity contribution is 6.48. The van der Waals surface area contributed by atoms with Gasteiger partial charge in [0.1, 0.15) is 0 Å². The summed E-state index contributed by atoms with van der Waals surface area (Å²) in [6, 6.07) is 9.72. The summed E-state index contributed by atoms with van der Waals surface area (Å²) in [5.74, 6) is 0.319. The van der Waals surface area contributed by atoms with Crippen molar-refractivity contribution in [2.24, 2.45) is 17.3 Å². The molecule has 0 aromatic heterocycles. The van der Waals surface area contributed by atoms with E-state index >= 15 is 0 Å². The minimum absolute atomic E-state index is 0.0430. The van der Waals surface area contributed by atoms with Crippen LogP contribution in [-0.2, 0) is 0 Å². The fourth-order valence-corrected chi connectivity index (χ4v) is 2.49. The van der Waals surface area contributed by atoms with E-state index in [1.165, 1.54) is 0 Å². The van der Waals surface area contributed by atoms with Gasteiger partial charge in [-0.2, -0.15) is 5.26 Å². The SMILES string of the molecule is CC1(C)C(C#N)C1C=C(Cl)c1ccc(Cl)cc1. The van der Waals surface area contributed by atoms with Crippen LogP contribution in [0.25, 0.3) is 5.03 Å². The van der Waals surface area contributed by atoms with Gasteiger partial charge >= 0.3 is 0 Å². The number of rotatable bonds is 2. The number of hydrogen-bond donors (Lipinski definition) is 0. The third-order valence-corrected chi connectivity index (χ3v) is 4.09. The first kappa shape index (κ1) is 12.5. The second kappa shape index (κ2) is 4.37. The van der Waals surface area contributed by atoms with Crippen molar-refractivity contribution in [1.29, 1.82) is 5.26 Å². The lowest BCUT2D eigenvalue weighted by molar-refractivity contribution is 0.589. The Labute approximate surface area is 112 Å². The van der Waals surface area contributed by atoms with Gasteiger partial charge in [-0.15, -0.1) is 0 Å². The zero-order valence-electron chi connectivity index (χ0n) is 9.74. The Morgan fingerprint density at radius 3 is 2.41 bits per heavy atom. The molecule has 0 aliphatic heterocycles. The van der Waals surface area contributed by atoms with E-state index in [0.29, 0.717) is 10.1 Å². The van der Waals surface area contributed by atoms with Crippen LogP contribution in [0.3, 0.4) is 0 Å². The zero-order valence-corrected chi connectivity index (χ0v) is 11.3. The standard InChI is InChI=1S/C14H13Cl2N/c1-14(2)11(12(14)8-17)7-13(16)9-3-5-10(15)6-4-9/h3-7,11-12H,1-2H3. The highest BCUT2D eigenvalue weighted by Crippen LogP contribution is 2.59. The Morgan fingerprint density at radius 2 is 1.94 bits per heavy atom. The Balaban J connectivity index is 2.20. The van der Waals surface area contributed by atoms with E-state index in [9.17, 15) is 0 Å². The third kappa shape index (κ3) is 2.34. The van der Waals surface area contributed by atoms with Crippen molar-refractivity contribution in [1.82, 2.24) is 0 Å². The van der Waals surface area contributed by atoms with Gasteiger partial charge in [-0.25, -0.2) is 0 Å². The molecule has 1 nitrogen and oxygen atoms in total. The van der Waals surface area contributed by atoms with Crippen molar-refractivity contribution >= 4 is 28.2 Å². The lowest BCUT2D eigenvalue weighted by Gasteiger charge is -2.01. The highest BCUT2D eigenvalue weighted by atomic mass is 35.5. The zero-order chi connectivity index (χ0) is 12.6. The smallest absolute Gasteiger partial charge is 0.0668 e. The van der Waals surface area contributed by atoms with Crippen LogP contribution in [0, 0.1) is 28.6 Å². The van der Waals surface area contributed by atoms with Crippen LogP contribution in [0.4, 0.5) is 0 Å². The number of nitrogens with zero attached hydrogens (tertiary/aromatic N) is 1. The van der Waals surface area contributed by atoms with Crippen molar-refractivity contribution < 1.29 is 0 Å². The normalized spacial score (nSPS) is 26.4. The molecule has 1 aromatic rings. The van der Waals surface area contributed by atoms with Crippen LogP contribution in [0.1, 0.15) is 19.4 Å². The van der Waals surface area contributed by atoms with Crippen molar-refractivity contribution in [2.45, 2.75) is 13.8 Å². The molecular formula is C14H13Cl2N. The van der Waals surface area contributed by atoms with E-state index in [0.717, 1.165) is 5.56 Å². The Bertz CT molecular complexity index is 494. The maximum atomic E-state index is 8.99. The molecule has 3 heteroatoms. The van der Waals surface area contributed by atoms with Crippen LogP contribution < -0.4 is 0 Å². The van der Waals surface area contributed by atoms with Crippen molar-refractivity contribution in [3.05, 3.63) is 40.9 Å². The summed E-state index contributed by atoms with van der Waals surface area (Å²) in [6.07, 6.45) is 1.98. The molecule has 1 aliphatic carbocycles. The summed E-state index contributed by atoms with van der Waals surface area (Å²) >= 11 is 12.1. The van der Waals surface area contributed by atoms with Gasteiger partial charge in [-0.05, 0) is 23.1 Å². The summed E-state index contributed by atoms with van der Waals surface area (Å²) < 4.78 is 0. The lowest BCUT2D eigenvalue weighted by atomic mass is 10.1. The summed E-state index contributed by atoms with van der Waals surface area (Å²) in [6.45, 7) is 4.18. The van der Waals surface area contributed by atoms with Crippen LogP contribution in [0.5, 0.6) is 0 Å². The van der Waals surface area contributed by atoms with Crippen molar-refractivity contribution in [3.63, 3.8) is 0 Å². The Kier molecular flexibility index (Phi) is 3.21. The molecule has 1 saturated carbocycles. The molecule has 0 N–H and O–H groups in total. The van der Waals surface area contributed by atoms with Gasteiger partial charge in [0, 0.05) is 16.0 Å². The van der Waals surface area contributed by atoms with E-state index in [1.54, 1.807) is 0 Å². The number of halogens is 2. The fourth-order valence-electron chi connectivity index (χ4n) is 2.10. The molecule has 0 spiro atoms. The van der Waals surface area contributed by atoms with Crippen LogP contribution >= 0.6 is 23.2 Å². The largest absolute Gasteiger partial charge is 0.198 e. The number of nitriles is 1. The topological polar surface area (TPSA) is 23.8 Å². The summed E-state index contributed by atoms with van der Waals surface area (Å²) in [4.78, 5) is 0. The van der Waals surface area contributed by atoms with Crippen molar-refractivity contribution in [3.8, 4) is 6.07 Å². The average molecular weight is 266 g/mol. The van der Waals surface area contributed by atoms with E-state index in [-0.39, 0.29) is 17.3 Å². The average Bonchev–Trinajstić information content (AvgIpc) is 2.80. The minimum atomic E-state index is 0.0430. The second-order valence-corrected chi connectivity index (χ2v) is 5.82. The van der Waals surface area contributed by atoms with Gasteiger partial charge in [0.05, 0.1) is 12.0 Å². The molecule has 88 valence electrons. The molecule has 2 atom stereocenters. The molecule has 0 radical (unpaired) electrons. The maximum absolute atomic E-state index is 8.99. The summed E-state index contributed by atoms with van der Waals surface area (Å²) in [5, 5.41) is 10.4. The predicted octanol–water partition coefficient (Wildman–Crippen LogP) is 4.72. The van der Waals surface area contributed by atoms with Gasteiger partial charge in [0.2, 0.25) is 0 Å². The molecule has 1 aromatic carbocycles. The first-order chi connectivity index (χ1) is 7.96. The minimum Gasteiger partial charge on any atom is -0.198 e. The molecule has 0 amide bonds. The Hall–Kier alpha value is -0.970. The first-order valence-corrected chi connectivity index (χ1v) is 6.25. The first-order valence-electron chi connectivity index (χ1n) is 5.49. The number of hydrogen-bond acceptors (Lipinski definition) is 1. The van der Waals surface area contributed by atoms with Crippen molar-refractivity contribution in [2.75, 3.05) is 0 Å². The molecule has 1 fully saturated rings. The molecule has 2 unspecified atom stereocenters. The monoisotopic (exact) mass is 265 g/mol. The molecular weight excluding hydrogens is 253 g/mol. The van der Waals surface area contributed by atoms with Crippen LogP contribution in [0.2, 0.25) is 5.02 Å². The quantitative estimate of drug-likeness (QED) is 0.760. The van der Waals surface area contributed by atoms with Crippen LogP contribution in [-0.4, -0.2) is 0 Å². The molecule has 17 heavy (non-hydrogen) atoms. The van der Waals surface area contributed by atoms with E-state index in [4.69, 9.17) is 28.5 Å². The van der Waals surface area contributed by atoms with Gasteiger partial charge < -0.3 is 0 Å². The number of allylic oxidation sites excluding steroid dienone is 1. The second-order valence-electron chi connectivity index (χ2n) is 4.98. The third-order valence-electron chi connectivity index (χ3n) is 3.50. The Morgan fingerprint density at radius 1 is 1.35 bits per heavy atom. The molecule has 2 rings (SSSR count). The van der Waals surface area contributed by atoms with Gasteiger partial charge in [-0.1, -0.05) is 55.3 Å². The number of benzene rings is 1. The molecule has 0 heterocycles. The lowest BCUT2D eigenvalue weighted by Crippen LogP contribution is -1.88. The highest BCUT2D eigenvalue weighted by Gasteiger charge is 2.57. The summed E-state index contributed by atoms with van der Waals surface area (Å²) in [5.41, 5.74) is 0.983. The fraction of sp³-hybridized carbons (Fsp3) is 0.357. The van der Waals surface area contributed by atoms with Gasteiger partial charge in [0.15, 0.2) is 0 Å². The molecule has 0 bridgehead atoms. The molecule has 1 aliphatic rings. The van der Waals surface area contributed by atoms with Gasteiger partial charge in [0.25, 0.3) is 0 Å². The van der Waals surface area contributed by atoms with Crippen LogP contribution in [0.15, 0.2) is 30.3 Å². The molecule has 0 saturated heterocycles. The van der Waals surface area contributed by atoms with E-state index in [2.05, 4.69) is 19.9 Å². The predicted molar refractivity (Wildman–Crippen MR) is 71.7 cm³/mol. The van der Waals surface area contributed by atoms with E-state index in [1.807, 2.05) is 30.3 Å². The maximum Gasteiger partial charge on any atom is 0.0668 e. The van der Waals surface area contributed by atoms with E-state index < -0.39 is 0 Å². The van der Waals surface area contributed by atoms with Gasteiger partial charge in [-0.3, -0.25) is 0 Å².